The van der Waals surface area contributed by atoms with E-state index in [4.69, 9.17) is 0 Å². The Morgan fingerprint density at radius 2 is 1.52 bits per heavy atom. The summed E-state index contributed by atoms with van der Waals surface area (Å²) >= 11 is 0. The van der Waals surface area contributed by atoms with Gasteiger partial charge in [-0.05, 0) is 24.9 Å². The van der Waals surface area contributed by atoms with Gasteiger partial charge < -0.3 is 5.32 Å². The van der Waals surface area contributed by atoms with Crippen LogP contribution in [0.5, 0.6) is 0 Å². The van der Waals surface area contributed by atoms with E-state index >= 15 is 0 Å². The zero-order chi connectivity index (χ0) is 14.5. The van der Waals surface area contributed by atoms with E-state index in [1.807, 2.05) is 0 Å². The molecule has 2 fully saturated rings. The number of halogens is 4. The number of hydrogen-bond acceptors (Lipinski definition) is 3. The first kappa shape index (κ1) is 16.5. The predicted octanol–water partition coefficient (Wildman–Crippen LogP) is 1.37. The van der Waals surface area contributed by atoms with Gasteiger partial charge in [-0.15, -0.1) is 12.4 Å². The van der Waals surface area contributed by atoms with Crippen LogP contribution in [0.15, 0.2) is 17.0 Å². The molecule has 0 saturated carbocycles. The van der Waals surface area contributed by atoms with E-state index in [1.165, 1.54) is 0 Å². The lowest BCUT2D eigenvalue weighted by molar-refractivity contribution is 0.431. The molecule has 2 aliphatic heterocycles. The van der Waals surface area contributed by atoms with Crippen molar-refractivity contribution in [2.24, 2.45) is 11.8 Å². The molecule has 0 unspecified atom stereocenters. The summed E-state index contributed by atoms with van der Waals surface area (Å²) in [5, 5.41) is 3.15. The number of nitrogens with zero attached hydrogens (tertiary/aromatic N) is 1. The van der Waals surface area contributed by atoms with Crippen LogP contribution in [0.4, 0.5) is 13.2 Å². The van der Waals surface area contributed by atoms with E-state index in [1.54, 1.807) is 0 Å². The second-order valence-electron chi connectivity index (χ2n) is 5.20. The minimum absolute atomic E-state index is 0. The highest BCUT2D eigenvalue weighted by Crippen LogP contribution is 2.32. The summed E-state index contributed by atoms with van der Waals surface area (Å²) in [7, 11) is -4.27. The highest BCUT2D eigenvalue weighted by molar-refractivity contribution is 7.89. The van der Waals surface area contributed by atoms with Gasteiger partial charge in [-0.2, -0.15) is 4.31 Å². The summed E-state index contributed by atoms with van der Waals surface area (Å²) in [6, 6.07) is 0.767. The fraction of sp³-hybridized carbons (Fsp3) is 0.500. The number of rotatable bonds is 2. The Kier molecular flexibility index (Phi) is 4.53. The van der Waals surface area contributed by atoms with Crippen LogP contribution in [0.3, 0.4) is 0 Å². The smallest absolute Gasteiger partial charge is 0.248 e. The summed E-state index contributed by atoms with van der Waals surface area (Å²) < 4.78 is 65.9. The van der Waals surface area contributed by atoms with Crippen LogP contribution >= 0.6 is 12.4 Å². The Labute approximate surface area is 126 Å². The standard InChI is InChI=1S/C12H13F3N2O2S.ClH/c13-9-1-10(14)12(11(15)2-9)20(18,19)17-5-7-3-16-4-8(7)6-17;/h1-2,7-8,16H,3-6H2;1H/t7-,8+;. The Morgan fingerprint density at radius 3 is 2.00 bits per heavy atom. The third-order valence-corrected chi connectivity index (χ3v) is 5.80. The predicted molar refractivity (Wildman–Crippen MR) is 72.2 cm³/mol. The first-order valence-corrected chi connectivity index (χ1v) is 7.69. The van der Waals surface area contributed by atoms with Crippen molar-refractivity contribution in [3.8, 4) is 0 Å². The lowest BCUT2D eigenvalue weighted by Gasteiger charge is -2.18. The van der Waals surface area contributed by atoms with E-state index in [0.717, 1.165) is 4.31 Å². The minimum Gasteiger partial charge on any atom is -0.316 e. The van der Waals surface area contributed by atoms with Crippen molar-refractivity contribution in [1.29, 1.82) is 0 Å². The molecule has 0 aliphatic carbocycles. The van der Waals surface area contributed by atoms with Gasteiger partial charge in [0.15, 0.2) is 4.90 Å². The second kappa shape index (κ2) is 5.75. The normalized spacial score (nSPS) is 25.7. The summed E-state index contributed by atoms with van der Waals surface area (Å²) in [5.41, 5.74) is 0. The SMILES string of the molecule is Cl.O=S(=O)(c1c(F)cc(F)cc1F)N1C[C@H]2CNC[C@H]2C1. The summed E-state index contributed by atoms with van der Waals surface area (Å²) in [4.78, 5) is -1.06. The van der Waals surface area contributed by atoms with E-state index in [9.17, 15) is 21.6 Å². The first-order chi connectivity index (χ1) is 9.39. The van der Waals surface area contributed by atoms with Crippen molar-refractivity contribution in [2.45, 2.75) is 4.90 Å². The zero-order valence-corrected chi connectivity index (χ0v) is 12.5. The molecule has 3 rings (SSSR count). The highest BCUT2D eigenvalue weighted by Gasteiger charge is 2.43. The van der Waals surface area contributed by atoms with Crippen LogP contribution in [0.2, 0.25) is 0 Å². The van der Waals surface area contributed by atoms with Crippen LogP contribution in [0.1, 0.15) is 0 Å². The number of benzene rings is 1. The molecular formula is C12H14ClF3N2O2S. The fourth-order valence-corrected chi connectivity index (χ4v) is 4.56. The maximum atomic E-state index is 13.7. The minimum atomic E-state index is -4.27. The molecule has 9 heteroatoms. The van der Waals surface area contributed by atoms with Gasteiger partial charge in [0.2, 0.25) is 10.0 Å². The maximum Gasteiger partial charge on any atom is 0.248 e. The van der Waals surface area contributed by atoms with Crippen molar-refractivity contribution in [2.75, 3.05) is 26.2 Å². The third-order valence-electron chi connectivity index (χ3n) is 3.92. The molecule has 2 aliphatic rings. The molecule has 1 aromatic carbocycles. The molecule has 0 radical (unpaired) electrons. The Bertz CT molecular complexity index is 621. The largest absolute Gasteiger partial charge is 0.316 e. The zero-order valence-electron chi connectivity index (χ0n) is 10.9. The van der Waals surface area contributed by atoms with Crippen molar-refractivity contribution in [3.05, 3.63) is 29.6 Å². The molecule has 0 aromatic heterocycles. The van der Waals surface area contributed by atoms with Crippen LogP contribution in [0, 0.1) is 29.3 Å². The van der Waals surface area contributed by atoms with E-state index in [-0.39, 0.29) is 37.3 Å². The molecule has 118 valence electrons. The average molecular weight is 343 g/mol. The summed E-state index contributed by atoms with van der Waals surface area (Å²) in [5.74, 6) is -3.59. The molecular weight excluding hydrogens is 329 g/mol. The number of fused-ring (bicyclic) bond motifs is 1. The van der Waals surface area contributed by atoms with Gasteiger partial charge in [0, 0.05) is 25.2 Å². The Morgan fingerprint density at radius 1 is 1.05 bits per heavy atom. The molecule has 2 atom stereocenters. The van der Waals surface area contributed by atoms with Crippen molar-refractivity contribution in [3.63, 3.8) is 0 Å². The van der Waals surface area contributed by atoms with Crippen LogP contribution < -0.4 is 5.32 Å². The molecule has 0 spiro atoms. The summed E-state index contributed by atoms with van der Waals surface area (Å²) in [6.45, 7) is 1.86. The lowest BCUT2D eigenvalue weighted by atomic mass is 10.0. The summed E-state index contributed by atoms with van der Waals surface area (Å²) in [6.07, 6.45) is 0. The quantitative estimate of drug-likeness (QED) is 0.883. The molecule has 4 nitrogen and oxygen atoms in total. The van der Waals surface area contributed by atoms with Gasteiger partial charge in [0.25, 0.3) is 0 Å². The average Bonchev–Trinajstić information content (AvgIpc) is 2.85. The monoisotopic (exact) mass is 342 g/mol. The number of sulfonamides is 1. The molecule has 1 N–H and O–H groups in total. The lowest BCUT2D eigenvalue weighted by Crippen LogP contribution is -2.33. The van der Waals surface area contributed by atoms with Gasteiger partial charge >= 0.3 is 0 Å². The molecule has 0 bridgehead atoms. The van der Waals surface area contributed by atoms with Gasteiger partial charge in [-0.3, -0.25) is 0 Å². The van der Waals surface area contributed by atoms with Crippen LogP contribution in [-0.4, -0.2) is 38.9 Å². The van der Waals surface area contributed by atoms with Crippen LogP contribution in [0.25, 0.3) is 0 Å². The first-order valence-electron chi connectivity index (χ1n) is 6.25. The molecule has 2 saturated heterocycles. The topological polar surface area (TPSA) is 49.4 Å². The fourth-order valence-electron chi connectivity index (χ4n) is 2.91. The van der Waals surface area contributed by atoms with E-state index < -0.39 is 32.4 Å². The third kappa shape index (κ3) is 2.77. The molecule has 0 amide bonds. The number of nitrogens with one attached hydrogen (secondary N) is 1. The second-order valence-corrected chi connectivity index (χ2v) is 7.07. The van der Waals surface area contributed by atoms with Gasteiger partial charge in [-0.25, -0.2) is 21.6 Å². The maximum absolute atomic E-state index is 13.7. The molecule has 21 heavy (non-hydrogen) atoms. The van der Waals surface area contributed by atoms with Gasteiger partial charge in [0.05, 0.1) is 0 Å². The van der Waals surface area contributed by atoms with Crippen molar-refractivity contribution in [1.82, 2.24) is 9.62 Å². The van der Waals surface area contributed by atoms with E-state index in [0.29, 0.717) is 25.2 Å². The van der Waals surface area contributed by atoms with E-state index in [2.05, 4.69) is 5.32 Å². The van der Waals surface area contributed by atoms with Gasteiger partial charge in [-0.1, -0.05) is 0 Å². The van der Waals surface area contributed by atoms with Crippen molar-refractivity contribution < 1.29 is 21.6 Å². The molecule has 1 aromatic rings. The number of hydrogen-bond donors (Lipinski definition) is 1. The Hall–Kier alpha value is -0.830. The van der Waals surface area contributed by atoms with Crippen LogP contribution in [-0.2, 0) is 10.0 Å². The van der Waals surface area contributed by atoms with Gasteiger partial charge in [0.1, 0.15) is 17.5 Å². The van der Waals surface area contributed by atoms with Crippen molar-refractivity contribution >= 4 is 22.4 Å². The molecule has 2 heterocycles. The highest BCUT2D eigenvalue weighted by atomic mass is 35.5. The Balaban J connectivity index is 0.00000161.